The second-order valence-corrected chi connectivity index (χ2v) is 4.26. The number of rotatable bonds is 6. The zero-order valence-electron chi connectivity index (χ0n) is 8.21. The van der Waals surface area contributed by atoms with E-state index in [-0.39, 0.29) is 0 Å². The van der Waals surface area contributed by atoms with Crippen molar-refractivity contribution in [2.45, 2.75) is 26.7 Å². The quantitative estimate of drug-likeness (QED) is 0.630. The molecule has 72 valence electrons. The molecule has 1 aliphatic rings. The summed E-state index contributed by atoms with van der Waals surface area (Å²) in [5.41, 5.74) is 0. The summed E-state index contributed by atoms with van der Waals surface area (Å²) in [7, 11) is 0. The molecule has 0 bridgehead atoms. The molecule has 1 rings (SSSR count). The van der Waals surface area contributed by atoms with Crippen LogP contribution in [0.25, 0.3) is 0 Å². The molecule has 0 aliphatic heterocycles. The van der Waals surface area contributed by atoms with Crippen molar-refractivity contribution in [3.05, 3.63) is 0 Å². The Labute approximate surface area is 75.4 Å². The van der Waals surface area contributed by atoms with Crippen LogP contribution >= 0.6 is 0 Å². The molecule has 0 aromatic carbocycles. The molecule has 2 unspecified atom stereocenters. The van der Waals surface area contributed by atoms with Gasteiger partial charge in [0.15, 0.2) is 0 Å². The normalized spacial score (nSPS) is 22.2. The smallest absolute Gasteiger partial charge is 0.0468 e. The maximum atomic E-state index is 8.78. The molecule has 1 saturated carbocycles. The van der Waals surface area contributed by atoms with Crippen molar-refractivity contribution in [2.75, 3.05) is 19.7 Å². The van der Waals surface area contributed by atoms with Crippen molar-refractivity contribution < 1.29 is 5.11 Å². The van der Waals surface area contributed by atoms with Gasteiger partial charge in [-0.05, 0) is 43.7 Å². The summed E-state index contributed by atoms with van der Waals surface area (Å²) in [6.07, 6.45) is 2.86. The average molecular weight is 171 g/mol. The van der Waals surface area contributed by atoms with Gasteiger partial charge in [-0.1, -0.05) is 13.8 Å². The first-order valence-electron chi connectivity index (χ1n) is 5.05. The lowest BCUT2D eigenvalue weighted by Crippen LogP contribution is -2.28. The van der Waals surface area contributed by atoms with Crippen LogP contribution in [0.2, 0.25) is 0 Å². The van der Waals surface area contributed by atoms with Crippen LogP contribution in [0, 0.1) is 17.8 Å². The van der Waals surface area contributed by atoms with E-state index in [1.165, 1.54) is 12.8 Å². The SMILES string of the molecule is CC(CO)CNCC(C)C1CC1. The second kappa shape index (κ2) is 4.83. The highest BCUT2D eigenvalue weighted by atomic mass is 16.3. The Morgan fingerprint density at radius 2 is 2.00 bits per heavy atom. The fourth-order valence-electron chi connectivity index (χ4n) is 1.45. The molecule has 1 aliphatic carbocycles. The highest BCUT2D eigenvalue weighted by molar-refractivity contribution is 4.79. The predicted molar refractivity (Wildman–Crippen MR) is 51.0 cm³/mol. The van der Waals surface area contributed by atoms with Crippen LogP contribution in [-0.2, 0) is 0 Å². The fourth-order valence-corrected chi connectivity index (χ4v) is 1.45. The highest BCUT2D eigenvalue weighted by Crippen LogP contribution is 2.35. The average Bonchev–Trinajstić information content (AvgIpc) is 2.86. The van der Waals surface area contributed by atoms with Gasteiger partial charge in [0.05, 0.1) is 0 Å². The van der Waals surface area contributed by atoms with E-state index < -0.39 is 0 Å². The zero-order chi connectivity index (χ0) is 8.97. The first-order chi connectivity index (χ1) is 5.74. The lowest BCUT2D eigenvalue weighted by molar-refractivity contribution is 0.232. The molecule has 0 spiro atoms. The van der Waals surface area contributed by atoms with Gasteiger partial charge in [0.2, 0.25) is 0 Å². The molecule has 2 heteroatoms. The summed E-state index contributed by atoms with van der Waals surface area (Å²) < 4.78 is 0. The van der Waals surface area contributed by atoms with Gasteiger partial charge in [-0.2, -0.15) is 0 Å². The largest absolute Gasteiger partial charge is 0.396 e. The van der Waals surface area contributed by atoms with Crippen molar-refractivity contribution in [1.29, 1.82) is 0 Å². The van der Waals surface area contributed by atoms with Crippen LogP contribution in [0.4, 0.5) is 0 Å². The van der Waals surface area contributed by atoms with Gasteiger partial charge in [-0.15, -0.1) is 0 Å². The van der Waals surface area contributed by atoms with Crippen molar-refractivity contribution in [3.8, 4) is 0 Å². The molecule has 12 heavy (non-hydrogen) atoms. The Kier molecular flexibility index (Phi) is 4.02. The van der Waals surface area contributed by atoms with E-state index in [0.29, 0.717) is 12.5 Å². The van der Waals surface area contributed by atoms with Gasteiger partial charge < -0.3 is 10.4 Å². The zero-order valence-corrected chi connectivity index (χ0v) is 8.21. The number of aliphatic hydroxyl groups is 1. The monoisotopic (exact) mass is 171 g/mol. The van der Waals surface area contributed by atoms with Gasteiger partial charge in [0, 0.05) is 6.61 Å². The Morgan fingerprint density at radius 1 is 1.33 bits per heavy atom. The van der Waals surface area contributed by atoms with Crippen molar-refractivity contribution in [2.24, 2.45) is 17.8 Å². The maximum Gasteiger partial charge on any atom is 0.0468 e. The van der Waals surface area contributed by atoms with Crippen LogP contribution in [0.3, 0.4) is 0 Å². The lowest BCUT2D eigenvalue weighted by atomic mass is 10.1. The van der Waals surface area contributed by atoms with Crippen LogP contribution in [0.5, 0.6) is 0 Å². The van der Waals surface area contributed by atoms with E-state index in [1.54, 1.807) is 0 Å². The summed E-state index contributed by atoms with van der Waals surface area (Å²) in [6.45, 7) is 6.75. The Bertz CT molecular complexity index is 123. The molecular formula is C10H21NO. The van der Waals surface area contributed by atoms with E-state index in [0.717, 1.165) is 24.9 Å². The summed E-state index contributed by atoms with van der Waals surface area (Å²) in [5, 5.41) is 12.2. The molecule has 2 N–H and O–H groups in total. The van der Waals surface area contributed by atoms with Gasteiger partial charge in [-0.25, -0.2) is 0 Å². The van der Waals surface area contributed by atoms with E-state index in [4.69, 9.17) is 5.11 Å². The van der Waals surface area contributed by atoms with E-state index >= 15 is 0 Å². The number of aliphatic hydroxyl groups excluding tert-OH is 1. The Hall–Kier alpha value is -0.0800. The highest BCUT2D eigenvalue weighted by Gasteiger charge is 2.27. The molecule has 2 nitrogen and oxygen atoms in total. The summed E-state index contributed by atoms with van der Waals surface area (Å²) in [6, 6.07) is 0. The van der Waals surface area contributed by atoms with Crippen LogP contribution in [0.15, 0.2) is 0 Å². The molecule has 0 heterocycles. The van der Waals surface area contributed by atoms with Gasteiger partial charge >= 0.3 is 0 Å². The van der Waals surface area contributed by atoms with Crippen molar-refractivity contribution >= 4 is 0 Å². The number of hydrogen-bond acceptors (Lipinski definition) is 2. The Morgan fingerprint density at radius 3 is 2.50 bits per heavy atom. The molecule has 0 saturated heterocycles. The fraction of sp³-hybridized carbons (Fsp3) is 1.00. The number of nitrogens with one attached hydrogen (secondary N) is 1. The third-order valence-corrected chi connectivity index (χ3v) is 2.70. The van der Waals surface area contributed by atoms with Crippen LogP contribution in [-0.4, -0.2) is 24.8 Å². The maximum absolute atomic E-state index is 8.78. The minimum Gasteiger partial charge on any atom is -0.396 e. The third-order valence-electron chi connectivity index (χ3n) is 2.70. The third kappa shape index (κ3) is 3.55. The van der Waals surface area contributed by atoms with Crippen molar-refractivity contribution in [3.63, 3.8) is 0 Å². The summed E-state index contributed by atoms with van der Waals surface area (Å²) in [5.74, 6) is 2.22. The van der Waals surface area contributed by atoms with Gasteiger partial charge in [0.1, 0.15) is 0 Å². The summed E-state index contributed by atoms with van der Waals surface area (Å²) >= 11 is 0. The first-order valence-corrected chi connectivity index (χ1v) is 5.05. The number of hydrogen-bond donors (Lipinski definition) is 2. The minimum absolute atomic E-state index is 0.296. The van der Waals surface area contributed by atoms with E-state index in [2.05, 4.69) is 19.2 Å². The van der Waals surface area contributed by atoms with Crippen molar-refractivity contribution in [1.82, 2.24) is 5.32 Å². The molecular weight excluding hydrogens is 150 g/mol. The lowest BCUT2D eigenvalue weighted by Gasteiger charge is -2.13. The molecule has 0 amide bonds. The van der Waals surface area contributed by atoms with Crippen LogP contribution in [0.1, 0.15) is 26.7 Å². The standard InChI is InChI=1S/C10H21NO/c1-8(7-12)5-11-6-9(2)10-3-4-10/h8-12H,3-7H2,1-2H3. The molecule has 0 radical (unpaired) electrons. The minimum atomic E-state index is 0.296. The topological polar surface area (TPSA) is 32.3 Å². The first kappa shape index (κ1) is 10.0. The second-order valence-electron chi connectivity index (χ2n) is 4.26. The molecule has 0 aromatic heterocycles. The molecule has 0 aromatic rings. The van der Waals surface area contributed by atoms with E-state index in [1.807, 2.05) is 0 Å². The predicted octanol–water partition coefficient (Wildman–Crippen LogP) is 1.25. The van der Waals surface area contributed by atoms with Crippen LogP contribution < -0.4 is 5.32 Å². The van der Waals surface area contributed by atoms with E-state index in [9.17, 15) is 0 Å². The summed E-state index contributed by atoms with van der Waals surface area (Å²) in [4.78, 5) is 0. The Balaban J connectivity index is 1.93. The molecule has 2 atom stereocenters. The van der Waals surface area contributed by atoms with Gasteiger partial charge in [0.25, 0.3) is 0 Å². The molecule has 1 fully saturated rings. The van der Waals surface area contributed by atoms with Gasteiger partial charge in [-0.3, -0.25) is 0 Å².